The highest BCUT2D eigenvalue weighted by Crippen LogP contribution is 2.21. The van der Waals surface area contributed by atoms with E-state index in [-0.39, 0.29) is 11.7 Å². The Hall–Kier alpha value is -2.39. The van der Waals surface area contributed by atoms with Gasteiger partial charge >= 0.3 is 0 Å². The van der Waals surface area contributed by atoms with E-state index in [1.807, 2.05) is 31.2 Å². The molecule has 0 spiro atoms. The second kappa shape index (κ2) is 7.75. The van der Waals surface area contributed by atoms with Gasteiger partial charge in [0.15, 0.2) is 0 Å². The largest absolute Gasteiger partial charge is 0.351 e. The summed E-state index contributed by atoms with van der Waals surface area (Å²) in [5.74, 6) is 0.730. The summed E-state index contributed by atoms with van der Waals surface area (Å²) in [6.45, 7) is 6.06. The van der Waals surface area contributed by atoms with Crippen LogP contribution in [0.4, 0.5) is 0 Å². The average molecular weight is 326 g/mol. The molecule has 0 unspecified atom stereocenters. The van der Waals surface area contributed by atoms with Gasteiger partial charge in [0, 0.05) is 6.54 Å². The normalized spacial score (nSPS) is 10.2. The van der Waals surface area contributed by atoms with Crippen molar-refractivity contribution in [3.63, 3.8) is 0 Å². The van der Waals surface area contributed by atoms with Crippen molar-refractivity contribution >= 4 is 17.7 Å². The van der Waals surface area contributed by atoms with Crippen LogP contribution in [0.15, 0.2) is 29.3 Å². The van der Waals surface area contributed by atoms with Crippen molar-refractivity contribution in [3.8, 4) is 6.07 Å². The van der Waals surface area contributed by atoms with Crippen molar-refractivity contribution in [1.29, 1.82) is 5.26 Å². The predicted molar refractivity (Wildman–Crippen MR) is 90.0 cm³/mol. The standard InChI is InChI=1S/C17H18N4OS/c1-11-4-6-14(7-5-11)9-19-16(22)10-23-17-15(8-18)12(2)20-13(3)21-17/h4-7H,9-10H2,1-3H3,(H,19,22). The van der Waals surface area contributed by atoms with Gasteiger partial charge in [-0.1, -0.05) is 41.6 Å². The number of nitrogens with one attached hydrogen (secondary N) is 1. The topological polar surface area (TPSA) is 78.7 Å². The fourth-order valence-corrected chi connectivity index (χ4v) is 2.91. The Balaban J connectivity index is 1.92. The molecule has 0 aliphatic rings. The van der Waals surface area contributed by atoms with E-state index < -0.39 is 0 Å². The number of thioether (sulfide) groups is 1. The minimum atomic E-state index is -0.0895. The molecule has 1 aromatic carbocycles. The van der Waals surface area contributed by atoms with Crippen LogP contribution in [0.2, 0.25) is 0 Å². The molecule has 0 radical (unpaired) electrons. The predicted octanol–water partition coefficient (Wildman–Crippen LogP) is 2.68. The second-order valence-electron chi connectivity index (χ2n) is 5.20. The number of nitrogens with zero attached hydrogens (tertiary/aromatic N) is 3. The first-order valence-corrected chi connectivity index (χ1v) is 8.18. The average Bonchev–Trinajstić information content (AvgIpc) is 2.52. The maximum atomic E-state index is 12.0. The highest BCUT2D eigenvalue weighted by Gasteiger charge is 2.12. The SMILES string of the molecule is Cc1ccc(CNC(=O)CSc2nc(C)nc(C)c2C#N)cc1. The minimum Gasteiger partial charge on any atom is -0.351 e. The van der Waals surface area contributed by atoms with E-state index in [2.05, 4.69) is 21.4 Å². The van der Waals surface area contributed by atoms with Crippen molar-refractivity contribution < 1.29 is 4.79 Å². The van der Waals surface area contributed by atoms with Gasteiger partial charge in [-0.15, -0.1) is 0 Å². The van der Waals surface area contributed by atoms with Gasteiger partial charge in [0.1, 0.15) is 22.5 Å². The van der Waals surface area contributed by atoms with E-state index in [0.29, 0.717) is 28.7 Å². The van der Waals surface area contributed by atoms with E-state index in [1.165, 1.54) is 17.3 Å². The fraction of sp³-hybridized carbons (Fsp3) is 0.294. The van der Waals surface area contributed by atoms with Crippen molar-refractivity contribution in [2.45, 2.75) is 32.3 Å². The van der Waals surface area contributed by atoms with E-state index in [0.717, 1.165) is 5.56 Å². The summed E-state index contributed by atoms with van der Waals surface area (Å²) in [5, 5.41) is 12.6. The third-order valence-electron chi connectivity index (χ3n) is 3.23. The number of amides is 1. The lowest BCUT2D eigenvalue weighted by Crippen LogP contribution is -2.24. The molecule has 1 heterocycles. The quantitative estimate of drug-likeness (QED) is 0.675. The van der Waals surface area contributed by atoms with Crippen LogP contribution in [0.1, 0.15) is 28.2 Å². The minimum absolute atomic E-state index is 0.0895. The summed E-state index contributed by atoms with van der Waals surface area (Å²) in [6, 6.07) is 10.1. The Morgan fingerprint density at radius 3 is 2.57 bits per heavy atom. The molecule has 0 atom stereocenters. The second-order valence-corrected chi connectivity index (χ2v) is 6.16. The van der Waals surface area contributed by atoms with Gasteiger partial charge in [0.2, 0.25) is 5.91 Å². The first-order valence-electron chi connectivity index (χ1n) is 7.20. The van der Waals surface area contributed by atoms with Crippen LogP contribution in [0, 0.1) is 32.1 Å². The summed E-state index contributed by atoms with van der Waals surface area (Å²) < 4.78 is 0. The van der Waals surface area contributed by atoms with Gasteiger partial charge in [0.25, 0.3) is 0 Å². The molecule has 0 bridgehead atoms. The van der Waals surface area contributed by atoms with Crippen LogP contribution in [0.5, 0.6) is 0 Å². The molecule has 0 saturated heterocycles. The molecule has 0 saturated carbocycles. The van der Waals surface area contributed by atoms with Crippen LogP contribution in [0.3, 0.4) is 0 Å². The van der Waals surface area contributed by atoms with E-state index in [1.54, 1.807) is 13.8 Å². The van der Waals surface area contributed by atoms with Crippen LogP contribution >= 0.6 is 11.8 Å². The molecule has 0 aliphatic carbocycles. The zero-order valence-corrected chi connectivity index (χ0v) is 14.2. The summed E-state index contributed by atoms with van der Waals surface area (Å²) in [5.41, 5.74) is 3.32. The van der Waals surface area contributed by atoms with Gasteiger partial charge in [-0.2, -0.15) is 5.26 Å². The number of aryl methyl sites for hydroxylation is 3. The van der Waals surface area contributed by atoms with Crippen molar-refractivity contribution in [1.82, 2.24) is 15.3 Å². The Kier molecular flexibility index (Phi) is 5.72. The molecule has 0 fully saturated rings. The van der Waals surface area contributed by atoms with Gasteiger partial charge in [-0.3, -0.25) is 4.79 Å². The molecule has 118 valence electrons. The first kappa shape index (κ1) is 17.0. The van der Waals surface area contributed by atoms with Crippen molar-refractivity contribution in [2.75, 3.05) is 5.75 Å². The molecule has 2 rings (SSSR count). The molecule has 1 aromatic heterocycles. The number of hydrogen-bond acceptors (Lipinski definition) is 5. The lowest BCUT2D eigenvalue weighted by molar-refractivity contribution is -0.118. The molecule has 2 aromatic rings. The molecule has 23 heavy (non-hydrogen) atoms. The first-order chi connectivity index (χ1) is 11.0. The number of carbonyl (C=O) groups excluding carboxylic acids is 1. The molecular formula is C17H18N4OS. The highest BCUT2D eigenvalue weighted by atomic mass is 32.2. The van der Waals surface area contributed by atoms with Crippen molar-refractivity contribution in [3.05, 3.63) is 52.5 Å². The Bertz CT molecular complexity index is 750. The number of nitriles is 1. The molecule has 0 aliphatic heterocycles. The van der Waals surface area contributed by atoms with E-state index in [4.69, 9.17) is 0 Å². The summed E-state index contributed by atoms with van der Waals surface area (Å²) in [7, 11) is 0. The van der Waals surface area contributed by atoms with Crippen LogP contribution < -0.4 is 5.32 Å². The number of rotatable bonds is 5. The lowest BCUT2D eigenvalue weighted by atomic mass is 10.1. The van der Waals surface area contributed by atoms with Crippen LogP contribution in [-0.4, -0.2) is 21.6 Å². The molecule has 1 N–H and O–H groups in total. The van der Waals surface area contributed by atoms with Crippen LogP contribution in [0.25, 0.3) is 0 Å². The summed E-state index contributed by atoms with van der Waals surface area (Å²) in [4.78, 5) is 20.4. The molecule has 5 nitrogen and oxygen atoms in total. The molecular weight excluding hydrogens is 308 g/mol. The number of aromatic nitrogens is 2. The maximum Gasteiger partial charge on any atom is 0.230 e. The summed E-state index contributed by atoms with van der Waals surface area (Å²) in [6.07, 6.45) is 0. The molecule has 1 amide bonds. The third kappa shape index (κ3) is 4.80. The Morgan fingerprint density at radius 1 is 1.22 bits per heavy atom. The molecule has 6 heteroatoms. The van der Waals surface area contributed by atoms with E-state index >= 15 is 0 Å². The number of hydrogen-bond donors (Lipinski definition) is 1. The lowest BCUT2D eigenvalue weighted by Gasteiger charge is -2.08. The number of carbonyl (C=O) groups is 1. The van der Waals surface area contributed by atoms with Gasteiger partial charge in [-0.05, 0) is 26.3 Å². The Morgan fingerprint density at radius 2 is 1.91 bits per heavy atom. The van der Waals surface area contributed by atoms with Crippen molar-refractivity contribution in [2.24, 2.45) is 0 Å². The van der Waals surface area contributed by atoms with Gasteiger partial charge < -0.3 is 5.32 Å². The Labute approximate surface area is 140 Å². The highest BCUT2D eigenvalue weighted by molar-refractivity contribution is 8.00. The maximum absolute atomic E-state index is 12.0. The van der Waals surface area contributed by atoms with Gasteiger partial charge in [-0.25, -0.2) is 9.97 Å². The number of benzene rings is 1. The van der Waals surface area contributed by atoms with Gasteiger partial charge in [0.05, 0.1) is 11.4 Å². The van der Waals surface area contributed by atoms with Crippen LogP contribution in [-0.2, 0) is 11.3 Å². The zero-order chi connectivity index (χ0) is 16.8. The summed E-state index contributed by atoms with van der Waals surface area (Å²) >= 11 is 1.26. The smallest absolute Gasteiger partial charge is 0.230 e. The monoisotopic (exact) mass is 326 g/mol. The van der Waals surface area contributed by atoms with E-state index in [9.17, 15) is 10.1 Å². The fourth-order valence-electron chi connectivity index (χ4n) is 2.01. The third-order valence-corrected chi connectivity index (χ3v) is 4.21. The zero-order valence-electron chi connectivity index (χ0n) is 13.4.